The van der Waals surface area contributed by atoms with Crippen molar-refractivity contribution >= 4 is 5.97 Å². The molecule has 11 heavy (non-hydrogen) atoms. The summed E-state index contributed by atoms with van der Waals surface area (Å²) in [5.74, 6) is 1.63. The van der Waals surface area contributed by atoms with E-state index in [-0.39, 0.29) is 5.97 Å². The Morgan fingerprint density at radius 2 is 2.09 bits per heavy atom. The van der Waals surface area contributed by atoms with Gasteiger partial charge in [0, 0.05) is 5.92 Å². The molecule has 0 aromatic carbocycles. The van der Waals surface area contributed by atoms with E-state index in [4.69, 9.17) is 4.74 Å². The number of ether oxygens (including phenoxy) is 1. The Morgan fingerprint density at radius 3 is 2.45 bits per heavy atom. The Bertz CT molecular complexity index is 192. The molecule has 0 N–H and O–H groups in total. The van der Waals surface area contributed by atoms with E-state index >= 15 is 0 Å². The zero-order chi connectivity index (χ0) is 8.43. The van der Waals surface area contributed by atoms with Crippen molar-refractivity contribution in [2.24, 2.45) is 11.8 Å². The molecule has 2 nitrogen and oxygen atoms in total. The second kappa shape index (κ2) is 3.07. The fraction of sp³-hybridized carbons (Fsp3) is 0.667. The topological polar surface area (TPSA) is 26.3 Å². The van der Waals surface area contributed by atoms with Gasteiger partial charge in [-0.25, -0.2) is 0 Å². The highest BCUT2D eigenvalue weighted by molar-refractivity contribution is 5.75. The van der Waals surface area contributed by atoms with Gasteiger partial charge in [-0.3, -0.25) is 4.79 Å². The number of allylic oxidation sites excluding steroid dienone is 1. The molecule has 0 bridgehead atoms. The summed E-state index contributed by atoms with van der Waals surface area (Å²) in [7, 11) is 0. The third-order valence-electron chi connectivity index (χ3n) is 2.15. The first kappa shape index (κ1) is 8.31. The van der Waals surface area contributed by atoms with Gasteiger partial charge in [0.1, 0.15) is 5.76 Å². The summed E-state index contributed by atoms with van der Waals surface area (Å²) in [5, 5.41) is 0. The summed E-state index contributed by atoms with van der Waals surface area (Å²) >= 11 is 0. The lowest BCUT2D eigenvalue weighted by atomic mass is 9.96. The van der Waals surface area contributed by atoms with E-state index in [1.165, 1.54) is 0 Å². The molecule has 0 saturated heterocycles. The highest BCUT2D eigenvalue weighted by Gasteiger charge is 2.21. The van der Waals surface area contributed by atoms with Crippen LogP contribution in [-0.4, -0.2) is 5.97 Å². The third-order valence-corrected chi connectivity index (χ3v) is 2.15. The van der Waals surface area contributed by atoms with Gasteiger partial charge in [-0.15, -0.1) is 0 Å². The van der Waals surface area contributed by atoms with Gasteiger partial charge in [-0.2, -0.15) is 0 Å². The molecule has 1 heterocycles. The predicted octanol–water partition coefficient (Wildman–Crippen LogP) is 2.11. The Kier molecular flexibility index (Phi) is 2.32. The molecule has 0 amide bonds. The smallest absolute Gasteiger partial charge is 0.314 e. The van der Waals surface area contributed by atoms with E-state index in [1.807, 2.05) is 6.08 Å². The monoisotopic (exact) mass is 154 g/mol. The minimum atomic E-state index is -0.118. The van der Waals surface area contributed by atoms with Gasteiger partial charge in [0.25, 0.3) is 0 Å². The van der Waals surface area contributed by atoms with Crippen molar-refractivity contribution in [3.05, 3.63) is 11.8 Å². The normalized spacial score (nSPS) is 20.0. The summed E-state index contributed by atoms with van der Waals surface area (Å²) in [5.41, 5.74) is 0. The van der Waals surface area contributed by atoms with Gasteiger partial charge in [-0.05, 0) is 12.0 Å². The van der Waals surface area contributed by atoms with Crippen molar-refractivity contribution in [2.45, 2.75) is 27.2 Å². The largest absolute Gasteiger partial charge is 0.431 e. The molecule has 62 valence electrons. The minimum Gasteiger partial charge on any atom is -0.431 e. The maximum Gasteiger partial charge on any atom is 0.314 e. The average molecular weight is 154 g/mol. The highest BCUT2D eigenvalue weighted by atomic mass is 16.5. The molecule has 0 spiro atoms. The number of carbonyl (C=O) groups excluding carboxylic acids is 1. The molecular formula is C9H14O2. The van der Waals surface area contributed by atoms with Gasteiger partial charge in [0.05, 0.1) is 6.42 Å². The summed E-state index contributed by atoms with van der Waals surface area (Å²) in [6.07, 6.45) is 2.33. The van der Waals surface area contributed by atoms with Crippen LogP contribution in [0.4, 0.5) is 0 Å². The molecule has 0 aromatic heterocycles. The lowest BCUT2D eigenvalue weighted by Gasteiger charge is -2.15. The lowest BCUT2D eigenvalue weighted by molar-refractivity contribution is -0.137. The summed E-state index contributed by atoms with van der Waals surface area (Å²) in [4.78, 5) is 10.7. The van der Waals surface area contributed by atoms with Crippen LogP contribution in [0.25, 0.3) is 0 Å². The SMILES string of the molecule is CC(C)C(C)C1=CCC(=O)O1. The van der Waals surface area contributed by atoms with E-state index in [0.29, 0.717) is 18.3 Å². The maximum absolute atomic E-state index is 10.7. The van der Waals surface area contributed by atoms with Crippen LogP contribution >= 0.6 is 0 Å². The average Bonchev–Trinajstić information content (AvgIpc) is 2.34. The Labute approximate surface area is 67.2 Å². The quantitative estimate of drug-likeness (QED) is 0.569. The van der Waals surface area contributed by atoms with Crippen molar-refractivity contribution in [1.82, 2.24) is 0 Å². The van der Waals surface area contributed by atoms with E-state index in [2.05, 4.69) is 20.8 Å². The lowest BCUT2D eigenvalue weighted by Crippen LogP contribution is -2.08. The number of rotatable bonds is 2. The maximum atomic E-state index is 10.7. The van der Waals surface area contributed by atoms with Gasteiger partial charge in [0.15, 0.2) is 0 Å². The van der Waals surface area contributed by atoms with Gasteiger partial charge in [-0.1, -0.05) is 20.8 Å². The van der Waals surface area contributed by atoms with E-state index < -0.39 is 0 Å². The second-order valence-corrected chi connectivity index (χ2v) is 3.32. The van der Waals surface area contributed by atoms with Crippen molar-refractivity contribution in [3.63, 3.8) is 0 Å². The molecule has 1 unspecified atom stereocenters. The molecule has 1 aliphatic rings. The molecule has 0 radical (unpaired) electrons. The van der Waals surface area contributed by atoms with Crippen LogP contribution in [0.1, 0.15) is 27.2 Å². The zero-order valence-corrected chi connectivity index (χ0v) is 7.26. The van der Waals surface area contributed by atoms with E-state index in [1.54, 1.807) is 0 Å². The summed E-state index contributed by atoms with van der Waals surface area (Å²) in [6, 6.07) is 0. The number of hydrogen-bond acceptors (Lipinski definition) is 2. The first-order valence-electron chi connectivity index (χ1n) is 4.02. The van der Waals surface area contributed by atoms with Crippen molar-refractivity contribution in [2.75, 3.05) is 0 Å². The molecule has 0 aliphatic carbocycles. The third kappa shape index (κ3) is 1.82. The van der Waals surface area contributed by atoms with Crippen LogP contribution in [0.5, 0.6) is 0 Å². The van der Waals surface area contributed by atoms with Gasteiger partial charge in [0.2, 0.25) is 0 Å². The van der Waals surface area contributed by atoms with Crippen molar-refractivity contribution in [3.8, 4) is 0 Å². The molecule has 1 atom stereocenters. The van der Waals surface area contributed by atoms with Crippen LogP contribution < -0.4 is 0 Å². The number of esters is 1. The number of carbonyl (C=O) groups is 1. The first-order chi connectivity index (χ1) is 5.11. The fourth-order valence-corrected chi connectivity index (χ4v) is 1.01. The first-order valence-corrected chi connectivity index (χ1v) is 4.02. The van der Waals surface area contributed by atoms with Crippen molar-refractivity contribution < 1.29 is 9.53 Å². The van der Waals surface area contributed by atoms with Crippen LogP contribution in [0, 0.1) is 11.8 Å². The number of hydrogen-bond donors (Lipinski definition) is 0. The Hall–Kier alpha value is -0.790. The van der Waals surface area contributed by atoms with Crippen LogP contribution in [0.2, 0.25) is 0 Å². The fourth-order valence-electron chi connectivity index (χ4n) is 1.01. The van der Waals surface area contributed by atoms with E-state index in [9.17, 15) is 4.79 Å². The molecular weight excluding hydrogens is 140 g/mol. The number of cyclic esters (lactones) is 1. The standard InChI is InChI=1S/C9H14O2/c1-6(2)7(3)8-4-5-9(10)11-8/h4,6-7H,5H2,1-3H3. The minimum absolute atomic E-state index is 0.118. The predicted molar refractivity (Wildman–Crippen MR) is 42.8 cm³/mol. The molecule has 2 heteroatoms. The summed E-state index contributed by atoms with van der Waals surface area (Å²) in [6.45, 7) is 6.32. The molecule has 1 aliphatic heterocycles. The second-order valence-electron chi connectivity index (χ2n) is 3.32. The molecule has 0 fully saturated rings. The van der Waals surface area contributed by atoms with Crippen LogP contribution in [0.15, 0.2) is 11.8 Å². The van der Waals surface area contributed by atoms with Gasteiger partial charge < -0.3 is 4.74 Å². The van der Waals surface area contributed by atoms with Crippen LogP contribution in [0.3, 0.4) is 0 Å². The van der Waals surface area contributed by atoms with Crippen LogP contribution in [-0.2, 0) is 9.53 Å². The van der Waals surface area contributed by atoms with Gasteiger partial charge >= 0.3 is 5.97 Å². The Morgan fingerprint density at radius 1 is 1.45 bits per heavy atom. The summed E-state index contributed by atoms with van der Waals surface area (Å²) < 4.78 is 5.01. The van der Waals surface area contributed by atoms with Crippen molar-refractivity contribution in [1.29, 1.82) is 0 Å². The molecule has 1 rings (SSSR count). The Balaban J connectivity index is 2.55. The van der Waals surface area contributed by atoms with E-state index in [0.717, 1.165) is 5.76 Å². The molecule has 0 saturated carbocycles. The highest BCUT2D eigenvalue weighted by Crippen LogP contribution is 2.25. The molecule has 0 aromatic rings. The zero-order valence-electron chi connectivity index (χ0n) is 7.26.